The number of nitrogens with zero attached hydrogens (tertiary/aromatic N) is 3. The lowest BCUT2D eigenvalue weighted by Crippen LogP contribution is -2.53. The molecule has 0 aromatic rings. The molecule has 3 saturated carbocycles. The van der Waals surface area contributed by atoms with E-state index < -0.39 is 0 Å². The Kier molecular flexibility index (Phi) is 7.91. The van der Waals surface area contributed by atoms with Crippen LogP contribution in [0, 0.1) is 0 Å². The fourth-order valence-electron chi connectivity index (χ4n) is 6.54. The van der Waals surface area contributed by atoms with Crippen molar-refractivity contribution in [1.82, 2.24) is 14.7 Å². The summed E-state index contributed by atoms with van der Waals surface area (Å²) in [6.45, 7) is 7.97. The van der Waals surface area contributed by atoms with Crippen molar-refractivity contribution >= 4 is 0 Å². The third-order valence-corrected chi connectivity index (χ3v) is 8.26. The van der Waals surface area contributed by atoms with Crippen molar-refractivity contribution in [2.45, 2.75) is 114 Å². The summed E-state index contributed by atoms with van der Waals surface area (Å²) in [5.74, 6) is 0. The Balaban J connectivity index is 1.25. The molecule has 1 aliphatic heterocycles. The Bertz CT molecular complexity index is 382. The number of hydrogen-bond donors (Lipinski definition) is 0. The summed E-state index contributed by atoms with van der Waals surface area (Å²) >= 11 is 0. The first kappa shape index (κ1) is 20.2. The molecular formula is C24H45N3. The Morgan fingerprint density at radius 1 is 0.556 bits per heavy atom. The normalized spacial score (nSPS) is 28.8. The van der Waals surface area contributed by atoms with Crippen molar-refractivity contribution in [3.8, 4) is 0 Å². The van der Waals surface area contributed by atoms with E-state index in [1.807, 2.05) is 0 Å². The van der Waals surface area contributed by atoms with Gasteiger partial charge in [0.05, 0.1) is 0 Å². The molecule has 0 spiro atoms. The summed E-state index contributed by atoms with van der Waals surface area (Å²) in [4.78, 5) is 8.62. The van der Waals surface area contributed by atoms with Crippen molar-refractivity contribution in [2.24, 2.45) is 0 Å². The van der Waals surface area contributed by atoms with Gasteiger partial charge in [-0.1, -0.05) is 57.8 Å². The Morgan fingerprint density at radius 2 is 1.04 bits per heavy atom. The SMILES string of the molecule is C1CCC(N2CCN(CCN(C3CCCCC3)C3CCCCC3)CC2)CC1. The van der Waals surface area contributed by atoms with E-state index in [9.17, 15) is 0 Å². The van der Waals surface area contributed by atoms with Gasteiger partial charge in [-0.25, -0.2) is 0 Å². The van der Waals surface area contributed by atoms with Crippen LogP contribution in [0.15, 0.2) is 0 Å². The minimum atomic E-state index is 0.908. The Morgan fingerprint density at radius 3 is 1.56 bits per heavy atom. The third-order valence-electron chi connectivity index (χ3n) is 8.26. The van der Waals surface area contributed by atoms with E-state index in [1.165, 1.54) is 136 Å². The predicted octanol–water partition coefficient (Wildman–Crippen LogP) is 4.90. The molecule has 0 amide bonds. The number of piperazine rings is 1. The second-order valence-corrected chi connectivity index (χ2v) is 9.99. The van der Waals surface area contributed by atoms with E-state index in [-0.39, 0.29) is 0 Å². The zero-order valence-corrected chi connectivity index (χ0v) is 17.9. The second-order valence-electron chi connectivity index (χ2n) is 9.99. The second kappa shape index (κ2) is 10.6. The van der Waals surface area contributed by atoms with Gasteiger partial charge in [-0.15, -0.1) is 0 Å². The van der Waals surface area contributed by atoms with Gasteiger partial charge in [0.25, 0.3) is 0 Å². The molecule has 1 saturated heterocycles. The van der Waals surface area contributed by atoms with Crippen molar-refractivity contribution < 1.29 is 0 Å². The maximum atomic E-state index is 3.01. The van der Waals surface area contributed by atoms with Gasteiger partial charge in [0.1, 0.15) is 0 Å². The molecule has 0 atom stereocenters. The third kappa shape index (κ3) is 5.70. The smallest absolute Gasteiger partial charge is 0.0115 e. The number of hydrogen-bond acceptors (Lipinski definition) is 3. The fraction of sp³-hybridized carbons (Fsp3) is 1.00. The van der Waals surface area contributed by atoms with Crippen LogP contribution in [0.4, 0.5) is 0 Å². The van der Waals surface area contributed by atoms with Crippen LogP contribution >= 0.6 is 0 Å². The molecule has 156 valence electrons. The standard InChI is InChI=1S/C24H45N3/c1-4-10-22(11-5-1)26-19-16-25(17-20-26)18-21-27(23-12-6-2-7-13-23)24-14-8-3-9-15-24/h22-24H,1-21H2. The molecule has 4 aliphatic rings. The summed E-state index contributed by atoms with van der Waals surface area (Å²) in [6, 6.07) is 2.73. The van der Waals surface area contributed by atoms with Gasteiger partial charge in [0, 0.05) is 57.4 Å². The van der Waals surface area contributed by atoms with Gasteiger partial charge in [0.2, 0.25) is 0 Å². The molecular weight excluding hydrogens is 330 g/mol. The monoisotopic (exact) mass is 375 g/mol. The van der Waals surface area contributed by atoms with Gasteiger partial charge < -0.3 is 0 Å². The van der Waals surface area contributed by atoms with Gasteiger partial charge in [0.15, 0.2) is 0 Å². The van der Waals surface area contributed by atoms with E-state index in [0.29, 0.717) is 0 Å². The van der Waals surface area contributed by atoms with Crippen LogP contribution in [-0.4, -0.2) is 72.1 Å². The predicted molar refractivity (Wildman–Crippen MR) is 115 cm³/mol. The van der Waals surface area contributed by atoms with Crippen molar-refractivity contribution in [2.75, 3.05) is 39.3 Å². The van der Waals surface area contributed by atoms with E-state index in [0.717, 1.165) is 18.1 Å². The molecule has 0 unspecified atom stereocenters. The maximum Gasteiger partial charge on any atom is 0.0115 e. The van der Waals surface area contributed by atoms with E-state index in [1.54, 1.807) is 0 Å². The van der Waals surface area contributed by atoms with Crippen LogP contribution in [0.3, 0.4) is 0 Å². The average molecular weight is 376 g/mol. The molecule has 0 aromatic heterocycles. The van der Waals surface area contributed by atoms with Crippen LogP contribution < -0.4 is 0 Å². The molecule has 3 heteroatoms. The largest absolute Gasteiger partial charge is 0.300 e. The van der Waals surface area contributed by atoms with Crippen LogP contribution in [-0.2, 0) is 0 Å². The van der Waals surface area contributed by atoms with E-state index >= 15 is 0 Å². The van der Waals surface area contributed by atoms with Crippen LogP contribution in [0.5, 0.6) is 0 Å². The van der Waals surface area contributed by atoms with Gasteiger partial charge in [-0.05, 0) is 38.5 Å². The number of rotatable bonds is 6. The lowest BCUT2D eigenvalue weighted by Gasteiger charge is -2.44. The van der Waals surface area contributed by atoms with Gasteiger partial charge in [-0.2, -0.15) is 0 Å². The van der Waals surface area contributed by atoms with Crippen LogP contribution in [0.25, 0.3) is 0 Å². The molecule has 0 aromatic carbocycles. The van der Waals surface area contributed by atoms with Crippen molar-refractivity contribution in [1.29, 1.82) is 0 Å². The van der Waals surface area contributed by atoms with Crippen molar-refractivity contribution in [3.63, 3.8) is 0 Å². The molecule has 4 rings (SSSR count). The minimum Gasteiger partial charge on any atom is -0.300 e. The summed E-state index contributed by atoms with van der Waals surface area (Å²) in [5.41, 5.74) is 0. The molecule has 3 aliphatic carbocycles. The van der Waals surface area contributed by atoms with E-state index in [4.69, 9.17) is 0 Å². The first-order chi connectivity index (χ1) is 13.4. The fourth-order valence-corrected chi connectivity index (χ4v) is 6.54. The summed E-state index contributed by atoms with van der Waals surface area (Å²) < 4.78 is 0. The minimum absolute atomic E-state index is 0.908. The highest BCUT2D eigenvalue weighted by Crippen LogP contribution is 2.30. The lowest BCUT2D eigenvalue weighted by molar-refractivity contribution is 0.0450. The zero-order chi connectivity index (χ0) is 18.3. The summed E-state index contributed by atoms with van der Waals surface area (Å²) in [5, 5.41) is 0. The zero-order valence-electron chi connectivity index (χ0n) is 17.9. The first-order valence-corrected chi connectivity index (χ1v) is 12.6. The Labute approximate surface area is 168 Å². The van der Waals surface area contributed by atoms with Crippen LogP contribution in [0.2, 0.25) is 0 Å². The molecule has 27 heavy (non-hydrogen) atoms. The molecule has 1 heterocycles. The Hall–Kier alpha value is -0.120. The van der Waals surface area contributed by atoms with Gasteiger partial charge in [-0.3, -0.25) is 14.7 Å². The molecule has 0 radical (unpaired) electrons. The molecule has 0 bridgehead atoms. The molecule has 4 fully saturated rings. The summed E-state index contributed by atoms with van der Waals surface area (Å²) in [7, 11) is 0. The van der Waals surface area contributed by atoms with Crippen LogP contribution in [0.1, 0.15) is 96.3 Å². The average Bonchev–Trinajstić information content (AvgIpc) is 2.76. The van der Waals surface area contributed by atoms with Gasteiger partial charge >= 0.3 is 0 Å². The lowest BCUT2D eigenvalue weighted by atomic mass is 9.88. The van der Waals surface area contributed by atoms with Crippen molar-refractivity contribution in [3.05, 3.63) is 0 Å². The molecule has 0 N–H and O–H groups in total. The maximum absolute atomic E-state index is 3.01. The highest BCUT2D eigenvalue weighted by Gasteiger charge is 2.30. The highest BCUT2D eigenvalue weighted by atomic mass is 15.3. The first-order valence-electron chi connectivity index (χ1n) is 12.6. The topological polar surface area (TPSA) is 9.72 Å². The highest BCUT2D eigenvalue weighted by molar-refractivity contribution is 4.86. The van der Waals surface area contributed by atoms with E-state index in [2.05, 4.69) is 14.7 Å². The summed E-state index contributed by atoms with van der Waals surface area (Å²) in [6.07, 6.45) is 22.2. The molecule has 3 nitrogen and oxygen atoms in total. The quantitative estimate of drug-likeness (QED) is 0.653.